The number of nitrogens with zero attached hydrogens (tertiary/aromatic N) is 2. The Morgan fingerprint density at radius 3 is 1.36 bits per heavy atom. The average Bonchev–Trinajstić information content (AvgIpc) is 3.02. The van der Waals surface area contributed by atoms with E-state index in [0.717, 1.165) is 43.6 Å². The lowest BCUT2D eigenvalue weighted by molar-refractivity contribution is -0.134. The van der Waals surface area contributed by atoms with Crippen LogP contribution in [0.15, 0.2) is 121 Å². The topological polar surface area (TPSA) is 64.0 Å². The highest BCUT2D eigenvalue weighted by Gasteiger charge is 2.33. The van der Waals surface area contributed by atoms with Crippen molar-refractivity contribution in [2.45, 2.75) is 70.6 Å². The third-order valence-electron chi connectivity index (χ3n) is 7.78. The van der Waals surface area contributed by atoms with Crippen LogP contribution in [-0.2, 0) is 31.0 Å². The maximum Gasteiger partial charge on any atom is 0.160 e. The van der Waals surface area contributed by atoms with Crippen molar-refractivity contribution in [2.24, 2.45) is 0 Å². The molecule has 0 aliphatic rings. The Kier molecular flexibility index (Phi) is 12.5. The number of hydrogen-bond acceptors (Lipinski definition) is 5. The molecule has 5 nitrogen and oxygen atoms in total. The van der Waals surface area contributed by atoms with Gasteiger partial charge in [0.2, 0.25) is 0 Å². The summed E-state index contributed by atoms with van der Waals surface area (Å²) >= 11 is 0. The average molecular weight is 565 g/mol. The first-order valence-corrected chi connectivity index (χ1v) is 15.0. The summed E-state index contributed by atoms with van der Waals surface area (Å²) in [5.41, 5.74) is 4.81. The van der Waals surface area contributed by atoms with Crippen molar-refractivity contribution in [3.63, 3.8) is 0 Å². The van der Waals surface area contributed by atoms with E-state index in [1.165, 1.54) is 18.1 Å². The number of Topliss-reactive ketones (excluding diaryl/α,β-unsaturated/α-hetero) is 1. The van der Waals surface area contributed by atoms with Crippen molar-refractivity contribution in [3.8, 4) is 0 Å². The minimum atomic E-state index is -1.42. The van der Waals surface area contributed by atoms with Crippen LogP contribution < -0.4 is 0 Å². The van der Waals surface area contributed by atoms with Crippen molar-refractivity contribution >= 4 is 5.78 Å². The van der Waals surface area contributed by atoms with Gasteiger partial charge in [0.05, 0.1) is 0 Å². The summed E-state index contributed by atoms with van der Waals surface area (Å²) in [7, 11) is 0. The molecule has 0 aliphatic heterocycles. The van der Waals surface area contributed by atoms with Crippen LogP contribution in [0, 0.1) is 0 Å². The molecule has 0 saturated carbocycles. The summed E-state index contributed by atoms with van der Waals surface area (Å²) in [6.45, 7) is 5.18. The summed E-state index contributed by atoms with van der Waals surface area (Å²) < 4.78 is 0. The maximum atomic E-state index is 12.2. The zero-order chi connectivity index (χ0) is 29.6. The molecule has 0 radical (unpaired) electrons. The second-order valence-electron chi connectivity index (χ2n) is 11.2. The lowest BCUT2D eigenvalue weighted by Gasteiger charge is -2.37. The predicted molar refractivity (Wildman–Crippen MR) is 169 cm³/mol. The van der Waals surface area contributed by atoms with Gasteiger partial charge in [-0.15, -0.1) is 0 Å². The second-order valence-corrected chi connectivity index (χ2v) is 11.2. The number of ketones is 1. The van der Waals surface area contributed by atoms with Gasteiger partial charge >= 0.3 is 0 Å². The van der Waals surface area contributed by atoms with Crippen LogP contribution in [-0.4, -0.2) is 50.6 Å². The monoisotopic (exact) mass is 564 g/mol. The molecule has 0 aliphatic carbocycles. The molecule has 0 amide bonds. The van der Waals surface area contributed by atoms with E-state index in [2.05, 4.69) is 82.6 Å². The van der Waals surface area contributed by atoms with E-state index in [1.807, 2.05) is 48.5 Å². The van der Waals surface area contributed by atoms with Crippen LogP contribution in [0.25, 0.3) is 0 Å². The molecule has 0 unspecified atom stereocenters. The molecule has 0 heterocycles. The molecule has 0 spiro atoms. The molecule has 0 bridgehead atoms. The zero-order valence-electron chi connectivity index (χ0n) is 24.6. The van der Waals surface area contributed by atoms with E-state index >= 15 is 0 Å². The summed E-state index contributed by atoms with van der Waals surface area (Å²) in [6.07, 6.45) is -0.150. The molecule has 0 saturated heterocycles. The molecule has 4 aromatic rings. The summed E-state index contributed by atoms with van der Waals surface area (Å²) in [5, 5.41) is 22.0. The van der Waals surface area contributed by atoms with Gasteiger partial charge in [-0.3, -0.25) is 14.6 Å². The molecular weight excluding hydrogens is 520 g/mol. The fourth-order valence-corrected chi connectivity index (χ4v) is 5.53. The lowest BCUT2D eigenvalue weighted by atomic mass is 9.95. The summed E-state index contributed by atoms with van der Waals surface area (Å²) in [6, 6.07) is 41.0. The number of benzene rings is 4. The fraction of sp³-hybridized carbons (Fsp3) is 0.324. The van der Waals surface area contributed by atoms with Gasteiger partial charge in [0.25, 0.3) is 0 Å². The van der Waals surface area contributed by atoms with Crippen LogP contribution in [0.4, 0.5) is 0 Å². The smallest absolute Gasteiger partial charge is 0.160 e. The molecule has 0 aromatic heterocycles. The van der Waals surface area contributed by atoms with Gasteiger partial charge in [0, 0.05) is 32.2 Å². The Morgan fingerprint density at radius 2 is 0.976 bits per heavy atom. The first kappa shape index (κ1) is 31.3. The highest BCUT2D eigenvalue weighted by Crippen LogP contribution is 2.23. The molecule has 220 valence electrons. The first-order chi connectivity index (χ1) is 20.5. The van der Waals surface area contributed by atoms with E-state index in [0.29, 0.717) is 19.5 Å². The number of hydrogen-bond donors (Lipinski definition) is 2. The standard InChI is InChI=1S/C37H44N2O3/c1-30(40)36(41)37(42)35(39(28-33-20-10-4-11-21-33)29-34-22-12-5-13-23-34)24-14-15-25-38(26-31-16-6-2-7-17-31)27-32-18-8-3-9-19-32/h2-13,16-23,35-37,41-42H,14-15,24-29H2,1H3/t35-,36+,37-/m0/s1. The molecule has 4 aromatic carbocycles. The minimum Gasteiger partial charge on any atom is -0.388 e. The van der Waals surface area contributed by atoms with Gasteiger partial charge < -0.3 is 10.2 Å². The van der Waals surface area contributed by atoms with Crippen LogP contribution >= 0.6 is 0 Å². The molecule has 42 heavy (non-hydrogen) atoms. The van der Waals surface area contributed by atoms with E-state index in [1.54, 1.807) is 0 Å². The van der Waals surface area contributed by atoms with Crippen LogP contribution in [0.1, 0.15) is 48.4 Å². The molecule has 2 N–H and O–H groups in total. The molecule has 3 atom stereocenters. The third kappa shape index (κ3) is 10.0. The summed E-state index contributed by atoms with van der Waals surface area (Å²) in [4.78, 5) is 16.8. The number of rotatable bonds is 17. The maximum absolute atomic E-state index is 12.2. The van der Waals surface area contributed by atoms with Gasteiger partial charge in [-0.25, -0.2) is 0 Å². The van der Waals surface area contributed by atoms with Gasteiger partial charge in [0.15, 0.2) is 5.78 Å². The Labute approximate surface area is 251 Å². The second kappa shape index (κ2) is 16.7. The predicted octanol–water partition coefficient (Wildman–Crippen LogP) is 6.24. The van der Waals surface area contributed by atoms with Crippen LogP contribution in [0.5, 0.6) is 0 Å². The molecule has 5 heteroatoms. The first-order valence-electron chi connectivity index (χ1n) is 15.0. The van der Waals surface area contributed by atoms with Crippen molar-refractivity contribution in [2.75, 3.05) is 6.54 Å². The number of aliphatic hydroxyl groups excluding tert-OH is 2. The van der Waals surface area contributed by atoms with Crippen molar-refractivity contribution in [1.82, 2.24) is 9.80 Å². The SMILES string of the molecule is CC(=O)[C@@H](O)[C@@H](O)[C@H](CCCCN(Cc1ccccc1)Cc1ccccc1)N(Cc1ccccc1)Cc1ccccc1. The third-order valence-corrected chi connectivity index (χ3v) is 7.78. The van der Waals surface area contributed by atoms with Gasteiger partial charge in [0.1, 0.15) is 12.2 Å². The number of carbonyl (C=O) groups excluding carboxylic acids is 1. The Balaban J connectivity index is 1.49. The summed E-state index contributed by atoms with van der Waals surface area (Å²) in [5.74, 6) is -0.413. The quantitative estimate of drug-likeness (QED) is 0.149. The Hall–Kier alpha value is -3.61. The number of carbonyl (C=O) groups is 1. The van der Waals surface area contributed by atoms with E-state index in [9.17, 15) is 15.0 Å². The van der Waals surface area contributed by atoms with Gasteiger partial charge in [-0.05, 0) is 48.6 Å². The molecule has 0 fully saturated rings. The van der Waals surface area contributed by atoms with Gasteiger partial charge in [-0.2, -0.15) is 0 Å². The largest absolute Gasteiger partial charge is 0.388 e. The van der Waals surface area contributed by atoms with Crippen molar-refractivity contribution < 1.29 is 15.0 Å². The molecule has 4 rings (SSSR count). The fourth-order valence-electron chi connectivity index (χ4n) is 5.53. The number of aliphatic hydroxyl groups is 2. The van der Waals surface area contributed by atoms with E-state index in [-0.39, 0.29) is 6.04 Å². The van der Waals surface area contributed by atoms with Crippen LogP contribution in [0.3, 0.4) is 0 Å². The molecular formula is C37H44N2O3. The van der Waals surface area contributed by atoms with Crippen molar-refractivity contribution in [1.29, 1.82) is 0 Å². The van der Waals surface area contributed by atoms with Gasteiger partial charge in [-0.1, -0.05) is 128 Å². The Morgan fingerprint density at radius 1 is 0.595 bits per heavy atom. The van der Waals surface area contributed by atoms with Crippen LogP contribution in [0.2, 0.25) is 0 Å². The highest BCUT2D eigenvalue weighted by molar-refractivity contribution is 5.80. The lowest BCUT2D eigenvalue weighted by Crippen LogP contribution is -2.50. The normalized spacial score (nSPS) is 13.6. The number of unbranched alkanes of at least 4 members (excludes halogenated alkanes) is 1. The van der Waals surface area contributed by atoms with Crippen molar-refractivity contribution in [3.05, 3.63) is 144 Å². The zero-order valence-corrected chi connectivity index (χ0v) is 24.6. The van der Waals surface area contributed by atoms with E-state index in [4.69, 9.17) is 0 Å². The highest BCUT2D eigenvalue weighted by atomic mass is 16.3. The Bertz CT molecular complexity index is 1220. The van der Waals surface area contributed by atoms with E-state index < -0.39 is 18.0 Å². The minimum absolute atomic E-state index is 0.388.